The third-order valence-electron chi connectivity index (χ3n) is 3.96. The predicted molar refractivity (Wildman–Crippen MR) is 55.5 cm³/mol. The Labute approximate surface area is 91.1 Å². The van der Waals surface area contributed by atoms with Crippen LogP contribution in [0.1, 0.15) is 39.0 Å². The Kier molecular flexibility index (Phi) is 2.49. The van der Waals surface area contributed by atoms with Gasteiger partial charge in [0.15, 0.2) is 5.79 Å². The summed E-state index contributed by atoms with van der Waals surface area (Å²) < 4.78 is 17.8. The number of ether oxygens (including phenoxy) is 3. The predicted octanol–water partition coefficient (Wildman–Crippen LogP) is 2.10. The van der Waals surface area contributed by atoms with E-state index in [9.17, 15) is 0 Å². The van der Waals surface area contributed by atoms with Crippen LogP contribution >= 0.6 is 0 Å². The lowest BCUT2D eigenvalue weighted by Crippen LogP contribution is -2.52. The SMILES string of the molecule is C[C@H]1C[C@@]2(CCCCO2)OC2CCOC21. The lowest BCUT2D eigenvalue weighted by atomic mass is 9.85. The molecule has 3 aliphatic rings. The molecular formula is C12H20O3. The van der Waals surface area contributed by atoms with Crippen LogP contribution < -0.4 is 0 Å². The van der Waals surface area contributed by atoms with Crippen LogP contribution in [-0.4, -0.2) is 31.2 Å². The summed E-state index contributed by atoms with van der Waals surface area (Å²) in [7, 11) is 0. The van der Waals surface area contributed by atoms with Crippen LogP contribution in [0.5, 0.6) is 0 Å². The maximum absolute atomic E-state index is 6.16. The fraction of sp³-hybridized carbons (Fsp3) is 1.00. The van der Waals surface area contributed by atoms with E-state index in [0.29, 0.717) is 12.0 Å². The number of hydrogen-bond acceptors (Lipinski definition) is 3. The van der Waals surface area contributed by atoms with E-state index in [4.69, 9.17) is 14.2 Å². The molecule has 0 aromatic carbocycles. The van der Waals surface area contributed by atoms with Gasteiger partial charge in [0.25, 0.3) is 0 Å². The molecule has 3 fully saturated rings. The average molecular weight is 212 g/mol. The first-order valence-electron chi connectivity index (χ1n) is 6.22. The maximum atomic E-state index is 6.16. The van der Waals surface area contributed by atoms with E-state index in [2.05, 4.69) is 6.92 Å². The number of rotatable bonds is 0. The molecule has 0 aromatic heterocycles. The molecule has 3 saturated heterocycles. The van der Waals surface area contributed by atoms with Crippen molar-refractivity contribution in [3.8, 4) is 0 Å². The zero-order valence-electron chi connectivity index (χ0n) is 9.41. The highest BCUT2D eigenvalue weighted by molar-refractivity contribution is 4.92. The molecule has 4 atom stereocenters. The molecule has 2 unspecified atom stereocenters. The lowest BCUT2D eigenvalue weighted by Gasteiger charge is -2.46. The largest absolute Gasteiger partial charge is 0.375 e. The quantitative estimate of drug-likeness (QED) is 0.615. The second kappa shape index (κ2) is 3.72. The van der Waals surface area contributed by atoms with Crippen LogP contribution in [0.2, 0.25) is 0 Å². The van der Waals surface area contributed by atoms with Gasteiger partial charge in [0.2, 0.25) is 0 Å². The van der Waals surface area contributed by atoms with E-state index < -0.39 is 0 Å². The highest BCUT2D eigenvalue weighted by Gasteiger charge is 2.49. The molecule has 86 valence electrons. The van der Waals surface area contributed by atoms with E-state index in [1.807, 2.05) is 0 Å². The van der Waals surface area contributed by atoms with E-state index in [0.717, 1.165) is 32.5 Å². The molecular weight excluding hydrogens is 192 g/mol. The van der Waals surface area contributed by atoms with E-state index in [1.165, 1.54) is 12.8 Å². The molecule has 0 bridgehead atoms. The summed E-state index contributed by atoms with van der Waals surface area (Å²) in [6.45, 7) is 3.99. The fourth-order valence-electron chi connectivity index (χ4n) is 3.26. The van der Waals surface area contributed by atoms with Crippen molar-refractivity contribution in [2.24, 2.45) is 5.92 Å². The first kappa shape index (κ1) is 10.1. The van der Waals surface area contributed by atoms with Crippen molar-refractivity contribution in [2.45, 2.75) is 57.0 Å². The van der Waals surface area contributed by atoms with Crippen LogP contribution in [0, 0.1) is 5.92 Å². The normalized spacial score (nSPS) is 50.6. The molecule has 0 aromatic rings. The van der Waals surface area contributed by atoms with Crippen molar-refractivity contribution in [2.75, 3.05) is 13.2 Å². The molecule has 0 radical (unpaired) electrons. The summed E-state index contributed by atoms with van der Waals surface area (Å²) in [5, 5.41) is 0. The average Bonchev–Trinajstić information content (AvgIpc) is 2.67. The van der Waals surface area contributed by atoms with Gasteiger partial charge in [-0.05, 0) is 25.2 Å². The number of fused-ring (bicyclic) bond motifs is 1. The molecule has 15 heavy (non-hydrogen) atoms. The molecule has 3 heterocycles. The first-order valence-corrected chi connectivity index (χ1v) is 6.22. The molecule has 0 aliphatic carbocycles. The minimum atomic E-state index is -0.257. The third kappa shape index (κ3) is 1.71. The zero-order valence-corrected chi connectivity index (χ0v) is 9.41. The minimum absolute atomic E-state index is 0.257. The van der Waals surface area contributed by atoms with Gasteiger partial charge in [0, 0.05) is 19.4 Å². The van der Waals surface area contributed by atoms with Crippen molar-refractivity contribution < 1.29 is 14.2 Å². The summed E-state index contributed by atoms with van der Waals surface area (Å²) in [6.07, 6.45) is 6.15. The van der Waals surface area contributed by atoms with Crippen molar-refractivity contribution in [1.82, 2.24) is 0 Å². The molecule has 3 heteroatoms. The highest BCUT2D eigenvalue weighted by Crippen LogP contribution is 2.43. The molecule has 3 nitrogen and oxygen atoms in total. The Bertz CT molecular complexity index is 235. The van der Waals surface area contributed by atoms with Crippen LogP contribution in [0.3, 0.4) is 0 Å². The van der Waals surface area contributed by atoms with Gasteiger partial charge in [-0.15, -0.1) is 0 Å². The zero-order chi connectivity index (χ0) is 10.3. The van der Waals surface area contributed by atoms with Gasteiger partial charge in [-0.25, -0.2) is 0 Å². The Morgan fingerprint density at radius 2 is 2.13 bits per heavy atom. The summed E-state index contributed by atoms with van der Waals surface area (Å²) in [5.41, 5.74) is 0. The van der Waals surface area contributed by atoms with Crippen LogP contribution in [0.15, 0.2) is 0 Å². The Hall–Kier alpha value is -0.120. The van der Waals surface area contributed by atoms with Gasteiger partial charge in [-0.1, -0.05) is 6.92 Å². The van der Waals surface area contributed by atoms with Crippen LogP contribution in [0.25, 0.3) is 0 Å². The Balaban J connectivity index is 1.76. The van der Waals surface area contributed by atoms with E-state index in [1.54, 1.807) is 0 Å². The van der Waals surface area contributed by atoms with Crippen LogP contribution in [0.4, 0.5) is 0 Å². The van der Waals surface area contributed by atoms with Crippen molar-refractivity contribution in [1.29, 1.82) is 0 Å². The van der Waals surface area contributed by atoms with Crippen molar-refractivity contribution in [3.63, 3.8) is 0 Å². The standard InChI is InChI=1S/C12H20O3/c1-9-8-12(5-2-3-6-14-12)15-10-4-7-13-11(9)10/h9-11H,2-8H2,1H3/t9-,10?,11?,12+/m0/s1. The van der Waals surface area contributed by atoms with Gasteiger partial charge >= 0.3 is 0 Å². The summed E-state index contributed by atoms with van der Waals surface area (Å²) >= 11 is 0. The minimum Gasteiger partial charge on any atom is -0.375 e. The second-order valence-electron chi connectivity index (χ2n) is 5.18. The molecule has 3 aliphatic heterocycles. The van der Waals surface area contributed by atoms with Gasteiger partial charge in [-0.2, -0.15) is 0 Å². The molecule has 0 saturated carbocycles. The van der Waals surface area contributed by atoms with Crippen molar-refractivity contribution >= 4 is 0 Å². The summed E-state index contributed by atoms with van der Waals surface area (Å²) in [5.74, 6) is 0.316. The fourth-order valence-corrected chi connectivity index (χ4v) is 3.26. The first-order chi connectivity index (χ1) is 7.29. The van der Waals surface area contributed by atoms with Gasteiger partial charge < -0.3 is 14.2 Å². The Morgan fingerprint density at radius 3 is 2.93 bits per heavy atom. The second-order valence-corrected chi connectivity index (χ2v) is 5.18. The van der Waals surface area contributed by atoms with Crippen molar-refractivity contribution in [3.05, 3.63) is 0 Å². The summed E-state index contributed by atoms with van der Waals surface area (Å²) in [4.78, 5) is 0. The smallest absolute Gasteiger partial charge is 0.169 e. The number of hydrogen-bond donors (Lipinski definition) is 0. The maximum Gasteiger partial charge on any atom is 0.169 e. The molecule has 1 spiro atoms. The van der Waals surface area contributed by atoms with Gasteiger partial charge in [0.05, 0.1) is 18.8 Å². The molecule has 3 rings (SSSR count). The third-order valence-corrected chi connectivity index (χ3v) is 3.96. The lowest BCUT2D eigenvalue weighted by molar-refractivity contribution is -0.314. The van der Waals surface area contributed by atoms with Gasteiger partial charge in [-0.3, -0.25) is 0 Å². The topological polar surface area (TPSA) is 27.7 Å². The summed E-state index contributed by atoms with van der Waals surface area (Å²) in [6, 6.07) is 0. The highest BCUT2D eigenvalue weighted by atomic mass is 16.7. The Morgan fingerprint density at radius 1 is 1.20 bits per heavy atom. The molecule has 0 N–H and O–H groups in total. The monoisotopic (exact) mass is 212 g/mol. The van der Waals surface area contributed by atoms with E-state index >= 15 is 0 Å². The van der Waals surface area contributed by atoms with Gasteiger partial charge in [0.1, 0.15) is 0 Å². The van der Waals surface area contributed by atoms with Crippen LogP contribution in [-0.2, 0) is 14.2 Å². The van der Waals surface area contributed by atoms with E-state index in [-0.39, 0.29) is 11.9 Å². The molecule has 0 amide bonds.